The first-order valence-electron chi connectivity index (χ1n) is 6.86. The predicted molar refractivity (Wildman–Crippen MR) is 80.3 cm³/mol. The summed E-state index contributed by atoms with van der Waals surface area (Å²) in [7, 11) is 0. The fraction of sp³-hybridized carbons (Fsp3) is 0.294. The second-order valence-corrected chi connectivity index (χ2v) is 5.40. The number of nitrogens with one attached hydrogen (secondary N) is 1. The molecule has 0 fully saturated rings. The van der Waals surface area contributed by atoms with Crippen LogP contribution in [0.1, 0.15) is 31.9 Å². The van der Waals surface area contributed by atoms with Crippen LogP contribution in [0.4, 0.5) is 10.1 Å². The highest BCUT2D eigenvalue weighted by Gasteiger charge is 2.13. The predicted octanol–water partition coefficient (Wildman–Crippen LogP) is 4.73. The Kier molecular flexibility index (Phi) is 4.61. The number of aromatic hydroxyl groups is 1. The van der Waals surface area contributed by atoms with Gasteiger partial charge in [-0.1, -0.05) is 44.2 Å². The summed E-state index contributed by atoms with van der Waals surface area (Å²) in [5.41, 5.74) is 1.85. The van der Waals surface area contributed by atoms with Crippen molar-refractivity contribution in [2.45, 2.75) is 26.3 Å². The molecular weight excluding hydrogens is 253 g/mol. The van der Waals surface area contributed by atoms with E-state index >= 15 is 0 Å². The molecule has 0 aliphatic rings. The van der Waals surface area contributed by atoms with Crippen molar-refractivity contribution in [2.75, 3.05) is 5.32 Å². The van der Waals surface area contributed by atoms with Gasteiger partial charge in [0.15, 0.2) is 11.6 Å². The number of benzene rings is 2. The van der Waals surface area contributed by atoms with Crippen molar-refractivity contribution in [3.8, 4) is 5.75 Å². The van der Waals surface area contributed by atoms with Crippen molar-refractivity contribution in [1.82, 2.24) is 0 Å². The van der Waals surface area contributed by atoms with Gasteiger partial charge < -0.3 is 10.4 Å². The molecule has 0 radical (unpaired) electrons. The average molecular weight is 273 g/mol. The SMILES string of the molecule is CC(C)CC(Nc1ccc(O)c(F)c1)c1ccccc1. The lowest BCUT2D eigenvalue weighted by molar-refractivity contribution is 0.432. The van der Waals surface area contributed by atoms with E-state index in [1.807, 2.05) is 18.2 Å². The van der Waals surface area contributed by atoms with Crippen molar-refractivity contribution in [3.63, 3.8) is 0 Å². The molecule has 2 N–H and O–H groups in total. The van der Waals surface area contributed by atoms with Crippen molar-refractivity contribution in [2.24, 2.45) is 5.92 Å². The molecule has 0 aliphatic heterocycles. The Labute approximate surface area is 119 Å². The van der Waals surface area contributed by atoms with Crippen LogP contribution in [0.2, 0.25) is 0 Å². The van der Waals surface area contributed by atoms with Gasteiger partial charge in [0.2, 0.25) is 0 Å². The van der Waals surface area contributed by atoms with Gasteiger partial charge in [0, 0.05) is 11.8 Å². The molecule has 106 valence electrons. The molecule has 2 rings (SSSR count). The Balaban J connectivity index is 2.21. The quantitative estimate of drug-likeness (QED) is 0.772. The zero-order valence-electron chi connectivity index (χ0n) is 11.8. The lowest BCUT2D eigenvalue weighted by Crippen LogP contribution is -2.13. The fourth-order valence-corrected chi connectivity index (χ4v) is 2.23. The second-order valence-electron chi connectivity index (χ2n) is 5.40. The molecule has 0 spiro atoms. The Morgan fingerprint density at radius 3 is 2.40 bits per heavy atom. The van der Waals surface area contributed by atoms with Gasteiger partial charge in [-0.25, -0.2) is 4.39 Å². The fourth-order valence-electron chi connectivity index (χ4n) is 2.23. The zero-order valence-corrected chi connectivity index (χ0v) is 11.8. The molecule has 0 saturated heterocycles. The molecular formula is C17H20FNO. The number of hydrogen-bond acceptors (Lipinski definition) is 2. The zero-order chi connectivity index (χ0) is 14.5. The standard InChI is InChI=1S/C17H20FNO/c1-12(2)10-16(13-6-4-3-5-7-13)19-14-8-9-17(20)15(18)11-14/h3-9,11-12,16,19-20H,10H2,1-2H3. The number of rotatable bonds is 5. The van der Waals surface area contributed by atoms with Crippen LogP contribution in [0, 0.1) is 11.7 Å². The summed E-state index contributed by atoms with van der Waals surface area (Å²) in [6.45, 7) is 4.32. The lowest BCUT2D eigenvalue weighted by atomic mass is 9.97. The number of hydrogen-bond donors (Lipinski definition) is 2. The van der Waals surface area contributed by atoms with Crippen LogP contribution in [-0.4, -0.2) is 5.11 Å². The maximum absolute atomic E-state index is 13.4. The van der Waals surface area contributed by atoms with Crippen molar-refractivity contribution >= 4 is 5.69 Å². The van der Waals surface area contributed by atoms with E-state index in [1.165, 1.54) is 17.7 Å². The molecule has 0 heterocycles. The van der Waals surface area contributed by atoms with E-state index in [-0.39, 0.29) is 11.8 Å². The summed E-state index contributed by atoms with van der Waals surface area (Å²) in [5.74, 6) is -0.406. The average Bonchev–Trinajstić information content (AvgIpc) is 2.43. The lowest BCUT2D eigenvalue weighted by Gasteiger charge is -2.22. The van der Waals surface area contributed by atoms with Gasteiger partial charge in [-0.2, -0.15) is 0 Å². The summed E-state index contributed by atoms with van der Waals surface area (Å²) >= 11 is 0. The number of phenolic OH excluding ortho intramolecular Hbond substituents is 1. The van der Waals surface area contributed by atoms with Crippen LogP contribution in [0.5, 0.6) is 5.75 Å². The highest BCUT2D eigenvalue weighted by Crippen LogP contribution is 2.27. The van der Waals surface area contributed by atoms with Crippen LogP contribution < -0.4 is 5.32 Å². The van der Waals surface area contributed by atoms with Crippen LogP contribution >= 0.6 is 0 Å². The maximum Gasteiger partial charge on any atom is 0.166 e. The minimum Gasteiger partial charge on any atom is -0.505 e. The molecule has 3 heteroatoms. The first-order chi connectivity index (χ1) is 9.56. The van der Waals surface area contributed by atoms with Crippen LogP contribution in [0.3, 0.4) is 0 Å². The van der Waals surface area contributed by atoms with Gasteiger partial charge in [-0.3, -0.25) is 0 Å². The van der Waals surface area contributed by atoms with Crippen molar-refractivity contribution in [3.05, 3.63) is 59.9 Å². The van der Waals surface area contributed by atoms with Gasteiger partial charge >= 0.3 is 0 Å². The van der Waals surface area contributed by atoms with E-state index in [0.717, 1.165) is 6.42 Å². The van der Waals surface area contributed by atoms with E-state index in [4.69, 9.17) is 0 Å². The molecule has 0 bridgehead atoms. The topological polar surface area (TPSA) is 32.3 Å². The van der Waals surface area contributed by atoms with Gasteiger partial charge in [0.1, 0.15) is 0 Å². The molecule has 0 amide bonds. The Hall–Kier alpha value is -2.03. The second kappa shape index (κ2) is 6.42. The minimum absolute atomic E-state index is 0.125. The van der Waals surface area contributed by atoms with Gasteiger partial charge in [0.05, 0.1) is 6.04 Å². The van der Waals surface area contributed by atoms with Crippen molar-refractivity contribution < 1.29 is 9.50 Å². The van der Waals surface area contributed by atoms with E-state index in [1.54, 1.807) is 6.07 Å². The largest absolute Gasteiger partial charge is 0.505 e. The van der Waals surface area contributed by atoms with Crippen molar-refractivity contribution in [1.29, 1.82) is 0 Å². The van der Waals surface area contributed by atoms with Gasteiger partial charge in [-0.05, 0) is 30.0 Å². The summed E-state index contributed by atoms with van der Waals surface area (Å²) in [5, 5.41) is 12.6. The molecule has 0 saturated carbocycles. The Morgan fingerprint density at radius 2 is 1.80 bits per heavy atom. The van der Waals surface area contributed by atoms with Gasteiger partial charge in [-0.15, -0.1) is 0 Å². The summed E-state index contributed by atoms with van der Waals surface area (Å²) in [4.78, 5) is 0. The third-order valence-electron chi connectivity index (χ3n) is 3.20. The normalized spacial score (nSPS) is 12.4. The Bertz CT molecular complexity index is 554. The molecule has 0 aromatic heterocycles. The Morgan fingerprint density at radius 1 is 1.10 bits per heavy atom. The highest BCUT2D eigenvalue weighted by molar-refractivity contribution is 5.48. The van der Waals surface area contributed by atoms with E-state index in [2.05, 4.69) is 31.3 Å². The van der Waals surface area contributed by atoms with E-state index < -0.39 is 5.82 Å². The third-order valence-corrected chi connectivity index (χ3v) is 3.20. The summed E-state index contributed by atoms with van der Waals surface area (Å²) in [6.07, 6.45) is 0.951. The molecule has 1 unspecified atom stereocenters. The van der Waals surface area contributed by atoms with E-state index in [9.17, 15) is 9.50 Å². The van der Waals surface area contributed by atoms with Crippen LogP contribution in [0.25, 0.3) is 0 Å². The monoisotopic (exact) mass is 273 g/mol. The van der Waals surface area contributed by atoms with Crippen LogP contribution in [-0.2, 0) is 0 Å². The van der Waals surface area contributed by atoms with Crippen LogP contribution in [0.15, 0.2) is 48.5 Å². The summed E-state index contributed by atoms with van der Waals surface area (Å²) in [6, 6.07) is 14.6. The highest BCUT2D eigenvalue weighted by atomic mass is 19.1. The molecule has 1 atom stereocenters. The first-order valence-corrected chi connectivity index (χ1v) is 6.86. The number of anilines is 1. The maximum atomic E-state index is 13.4. The smallest absolute Gasteiger partial charge is 0.166 e. The molecule has 20 heavy (non-hydrogen) atoms. The summed E-state index contributed by atoms with van der Waals surface area (Å²) < 4.78 is 13.4. The first kappa shape index (κ1) is 14.4. The molecule has 2 nitrogen and oxygen atoms in total. The van der Waals surface area contributed by atoms with E-state index in [0.29, 0.717) is 11.6 Å². The number of halogens is 1. The molecule has 0 aliphatic carbocycles. The molecule has 2 aromatic rings. The molecule has 2 aromatic carbocycles. The minimum atomic E-state index is -0.605. The van der Waals surface area contributed by atoms with Gasteiger partial charge in [0.25, 0.3) is 0 Å². The number of phenols is 1. The third kappa shape index (κ3) is 3.73.